The topological polar surface area (TPSA) is 158 Å². The molecule has 0 N–H and O–H groups in total. The molecule has 0 aliphatic heterocycles. The Kier molecular flexibility index (Phi) is 54.1. The van der Waals surface area contributed by atoms with Gasteiger partial charge in [-0.3, -0.25) is 28.8 Å². The number of hydrogen-bond donors (Lipinski definition) is 0. The van der Waals surface area contributed by atoms with E-state index in [1.54, 1.807) is 0 Å². The molecule has 0 aromatic carbocycles. The fourth-order valence-corrected chi connectivity index (χ4v) is 22.8. The van der Waals surface area contributed by atoms with Crippen LogP contribution in [0.1, 0.15) is 458 Å². The molecule has 0 aromatic heterocycles. The summed E-state index contributed by atoms with van der Waals surface area (Å²) in [5.74, 6) is 17.7. The molecular weight excluding hydrogens is 1470 g/mol. The Labute approximate surface area is 736 Å². The van der Waals surface area contributed by atoms with Gasteiger partial charge >= 0.3 is 35.8 Å². The van der Waals surface area contributed by atoms with Crippen molar-refractivity contribution in [3.05, 3.63) is 0 Å². The van der Waals surface area contributed by atoms with E-state index in [1.807, 2.05) is 96.9 Å². The van der Waals surface area contributed by atoms with Crippen LogP contribution in [0.4, 0.5) is 0 Å². The number of hydrogen-bond acceptors (Lipinski definition) is 12. The average Bonchev–Trinajstić information content (AvgIpc) is 1.55. The van der Waals surface area contributed by atoms with E-state index in [4.69, 9.17) is 28.4 Å². The molecular formula is C106H208O12. The van der Waals surface area contributed by atoms with Gasteiger partial charge in [0, 0.05) is 0 Å². The van der Waals surface area contributed by atoms with Crippen LogP contribution in [0, 0.1) is 151 Å². The zero-order valence-electron chi connectivity index (χ0n) is 71.4. The van der Waals surface area contributed by atoms with Crippen molar-refractivity contribution in [1.82, 2.24) is 0 Å². The lowest BCUT2D eigenvalue weighted by Crippen LogP contribution is -2.46. The van der Waals surface area contributed by atoms with E-state index in [1.165, 1.54) is 186 Å². The third-order valence-electron chi connectivity index (χ3n) is 32.8. The van der Waals surface area contributed by atoms with Crippen molar-refractivity contribution in [2.24, 2.45) is 151 Å². The summed E-state index contributed by atoms with van der Waals surface area (Å²) in [6.07, 6.45) is 48.2. The van der Waals surface area contributed by atoms with Gasteiger partial charge < -0.3 is 28.4 Å². The van der Waals surface area contributed by atoms with Crippen LogP contribution in [-0.4, -0.2) is 74.5 Å². The van der Waals surface area contributed by atoms with E-state index in [9.17, 15) is 28.8 Å². The van der Waals surface area contributed by atoms with E-state index in [0.29, 0.717) is 62.6 Å². The highest BCUT2D eigenvalue weighted by Gasteiger charge is 2.62. The van der Waals surface area contributed by atoms with Crippen molar-refractivity contribution in [3.8, 4) is 0 Å². The van der Waals surface area contributed by atoms with Crippen LogP contribution in [0.5, 0.6) is 0 Å². The quantitative estimate of drug-likeness (QED) is 0.0542. The molecule has 0 radical (unpaired) electrons. The number of carbonyl (C=O) groups is 6. The average molecular weight is 1670 g/mol. The normalized spacial score (nSPS) is 31.4. The molecule has 15 fully saturated rings. The molecule has 10 bridgehead atoms. The highest BCUT2D eigenvalue weighted by Crippen LogP contribution is 2.69. The Balaban J connectivity index is -0.000000650. The smallest absolute Gasteiger partial charge is 0.312 e. The van der Waals surface area contributed by atoms with Gasteiger partial charge in [0.1, 0.15) is 5.60 Å². The molecule has 704 valence electrons. The van der Waals surface area contributed by atoms with Gasteiger partial charge in [-0.05, 0) is 388 Å². The minimum atomic E-state index is -0.317. The second-order valence-corrected chi connectivity index (χ2v) is 42.0. The lowest BCUT2D eigenvalue weighted by molar-refractivity contribution is -0.181. The van der Waals surface area contributed by atoms with Crippen molar-refractivity contribution in [1.29, 1.82) is 0 Å². The van der Waals surface area contributed by atoms with Gasteiger partial charge in [0.25, 0.3) is 0 Å². The molecule has 15 rings (SSSR count). The van der Waals surface area contributed by atoms with Crippen molar-refractivity contribution in [2.75, 3.05) is 33.0 Å². The van der Waals surface area contributed by atoms with E-state index >= 15 is 0 Å². The predicted octanol–water partition coefficient (Wildman–Crippen LogP) is 31.2. The second kappa shape index (κ2) is 52.7. The van der Waals surface area contributed by atoms with Gasteiger partial charge in [0.15, 0.2) is 0 Å². The Hall–Kier alpha value is -3.18. The first-order valence-corrected chi connectivity index (χ1v) is 45.2. The summed E-state index contributed by atoms with van der Waals surface area (Å²) in [6, 6.07) is 0. The molecule has 18 unspecified atom stereocenters. The minimum absolute atomic E-state index is 0. The maximum atomic E-state index is 12.2. The third-order valence-corrected chi connectivity index (χ3v) is 32.8. The zero-order valence-corrected chi connectivity index (χ0v) is 71.4. The summed E-state index contributed by atoms with van der Waals surface area (Å²) in [5, 5.41) is 0. The molecule has 0 saturated heterocycles. The molecule has 15 aliphatic rings. The van der Waals surface area contributed by atoms with Crippen LogP contribution in [0.3, 0.4) is 0 Å². The van der Waals surface area contributed by atoms with E-state index in [-0.39, 0.29) is 163 Å². The highest BCUT2D eigenvalue weighted by molar-refractivity contribution is 5.78. The molecule has 15 saturated carbocycles. The molecule has 12 heteroatoms. The second-order valence-electron chi connectivity index (χ2n) is 42.0. The van der Waals surface area contributed by atoms with Crippen LogP contribution in [0.15, 0.2) is 0 Å². The van der Waals surface area contributed by atoms with Gasteiger partial charge in [0.05, 0.1) is 65.5 Å². The van der Waals surface area contributed by atoms with Crippen LogP contribution < -0.4 is 0 Å². The minimum Gasteiger partial charge on any atom is -0.465 e. The lowest BCUT2D eigenvalue weighted by atomic mass is 9.67. The molecule has 0 spiro atoms. The van der Waals surface area contributed by atoms with Crippen molar-refractivity contribution in [2.45, 2.75) is 463 Å². The zero-order chi connectivity index (χ0) is 77.2. The Bertz CT molecular complexity index is 2800. The summed E-state index contributed by atoms with van der Waals surface area (Å²) in [7, 11) is 0. The van der Waals surface area contributed by atoms with Crippen LogP contribution in [0.2, 0.25) is 0 Å². The number of rotatable bonds is 23. The molecule has 0 heterocycles. The molecule has 118 heavy (non-hydrogen) atoms. The molecule has 15 aliphatic carbocycles. The fourth-order valence-electron chi connectivity index (χ4n) is 22.8. The van der Waals surface area contributed by atoms with Gasteiger partial charge in [-0.15, -0.1) is 0 Å². The number of ether oxygens (including phenoxy) is 6. The van der Waals surface area contributed by atoms with Crippen molar-refractivity contribution >= 4 is 35.8 Å². The largest absolute Gasteiger partial charge is 0.465 e. The molecule has 12 nitrogen and oxygen atoms in total. The Morgan fingerprint density at radius 1 is 0.254 bits per heavy atom. The molecule has 18 atom stereocenters. The lowest BCUT2D eigenvalue weighted by Gasteiger charge is -2.46. The van der Waals surface area contributed by atoms with Gasteiger partial charge in [0.2, 0.25) is 0 Å². The summed E-state index contributed by atoms with van der Waals surface area (Å²) < 4.78 is 33.7. The Morgan fingerprint density at radius 2 is 0.627 bits per heavy atom. The summed E-state index contributed by atoms with van der Waals surface area (Å²) >= 11 is 0. The number of carbonyl (C=O) groups excluding carboxylic acids is 6. The summed E-state index contributed by atoms with van der Waals surface area (Å²) in [6.45, 7) is 39.4. The van der Waals surface area contributed by atoms with E-state index in [0.717, 1.165) is 147 Å². The summed E-state index contributed by atoms with van der Waals surface area (Å²) in [5.41, 5.74) is -1.96. The maximum Gasteiger partial charge on any atom is 0.312 e. The standard InChI is InChI=1S/C19H30O2.C17H28O2.C17H30O2.2C14H24O2.C13H24O2.12CH4/c1-4-19(2,3)18(20)21-10-14-8-13-9-15(14)17-12-6-5-11(7-12)16(13)17;1-4-17(2,3)16(18)19-10-12-8-11-9-15(12)14-7-5-6-13(11)14;1-4-17(2,3)16(18)19-12-13-9-10-14-7-5-6-8-15(14)11-13;1-4-13(2,3)12(15)16-14-8-5-11(6-9-14)7-10-14;1-4-14(2,3)13(15)16-9-12-8-10-5-6-11(12)7-10;1-4-13(2,3)12(14)15-10-11-8-6-5-7-9-11;;;;;;;;;;;;/h11-17H,4-10H2,1-3H3;11-15H,4-10H2,1-3H3;13-15H,4-12H2,1-3H3;11H,4-10H2,1-3H3;10-12H,4-9H2,1-3H3;11H,4-10H2,1-3H3;12*1H4. The van der Waals surface area contributed by atoms with E-state index < -0.39 is 0 Å². The van der Waals surface area contributed by atoms with E-state index in [2.05, 4.69) is 27.7 Å². The van der Waals surface area contributed by atoms with Gasteiger partial charge in [-0.2, -0.15) is 0 Å². The van der Waals surface area contributed by atoms with Crippen LogP contribution in [-0.2, 0) is 57.2 Å². The van der Waals surface area contributed by atoms with Gasteiger partial charge in [-0.25, -0.2) is 0 Å². The highest BCUT2D eigenvalue weighted by atomic mass is 16.6. The third kappa shape index (κ3) is 30.6. The number of fused-ring (bicyclic) bond motifs is 20. The van der Waals surface area contributed by atoms with Crippen LogP contribution in [0.25, 0.3) is 0 Å². The molecule has 0 aromatic rings. The summed E-state index contributed by atoms with van der Waals surface area (Å²) in [4.78, 5) is 71.9. The Morgan fingerprint density at radius 3 is 1.08 bits per heavy atom. The monoisotopic (exact) mass is 1670 g/mol. The van der Waals surface area contributed by atoms with Crippen LogP contribution >= 0.6 is 0 Å². The SMILES string of the molecule is C.C.C.C.C.C.C.C.C.C.C.C.CCC(C)(C)C(=O)OC12CCC(CC1)CC2.CCC(C)(C)C(=O)OCC1CC2CC1C1C3CCC(C3)C21.CCC(C)(C)C(=O)OCC1CC2CC1C1CCCC21.CCC(C)(C)C(=O)OCC1CC2CCC1C2.CCC(C)(C)C(=O)OCC1CCC2CCCCC2C1.CCC(C)(C)C(=O)OCC1CCCCC1. The van der Waals surface area contributed by atoms with Gasteiger partial charge in [-0.1, -0.05) is 188 Å². The van der Waals surface area contributed by atoms with Crippen molar-refractivity contribution in [3.63, 3.8) is 0 Å². The number of esters is 6. The molecule has 0 amide bonds. The predicted molar refractivity (Wildman–Crippen MR) is 506 cm³/mol. The van der Waals surface area contributed by atoms with Crippen molar-refractivity contribution < 1.29 is 57.2 Å². The first kappa shape index (κ1) is 121. The maximum absolute atomic E-state index is 12.2. The first-order chi connectivity index (χ1) is 50.1. The fraction of sp³-hybridized carbons (Fsp3) is 0.943. The first-order valence-electron chi connectivity index (χ1n) is 45.2.